The number of aliphatic imine (C=N–C) groups is 2. The van der Waals surface area contributed by atoms with Crippen molar-refractivity contribution in [1.29, 1.82) is 0 Å². The Morgan fingerprint density at radius 3 is 2.25 bits per heavy atom. The molecular formula is C52H43N5. The second-order valence-electron chi connectivity index (χ2n) is 13.4. The molecule has 0 unspecified atom stereocenters. The molecule has 7 aromatic rings. The van der Waals surface area contributed by atoms with Crippen LogP contribution in [-0.4, -0.2) is 27.5 Å². The molecule has 0 atom stereocenters. The van der Waals surface area contributed by atoms with Gasteiger partial charge in [-0.15, -0.1) is 0 Å². The maximum atomic E-state index is 5.09. The van der Waals surface area contributed by atoms with E-state index in [-0.39, 0.29) is 0 Å². The first-order valence-electron chi connectivity index (χ1n) is 19.0. The van der Waals surface area contributed by atoms with Crippen molar-refractivity contribution >= 4 is 51.6 Å². The summed E-state index contributed by atoms with van der Waals surface area (Å²) in [4.78, 5) is 23.1. The topological polar surface area (TPSA) is 63.4 Å². The fourth-order valence-corrected chi connectivity index (χ4v) is 6.71. The number of amidine groups is 1. The second-order valence-corrected chi connectivity index (χ2v) is 13.4. The van der Waals surface area contributed by atoms with Crippen LogP contribution < -0.4 is 0 Å². The van der Waals surface area contributed by atoms with Crippen molar-refractivity contribution in [2.75, 3.05) is 0 Å². The van der Waals surface area contributed by atoms with Crippen LogP contribution in [0.2, 0.25) is 0 Å². The molecule has 0 bridgehead atoms. The number of aryl methyl sites for hydroxylation is 1. The molecule has 3 aromatic heterocycles. The molecule has 57 heavy (non-hydrogen) atoms. The highest BCUT2D eigenvalue weighted by atomic mass is 14.9. The van der Waals surface area contributed by atoms with Gasteiger partial charge in [0.1, 0.15) is 0 Å². The molecule has 0 spiro atoms. The molecule has 4 aromatic carbocycles. The van der Waals surface area contributed by atoms with E-state index in [1.54, 1.807) is 18.6 Å². The lowest BCUT2D eigenvalue weighted by atomic mass is 9.98. The van der Waals surface area contributed by atoms with Crippen molar-refractivity contribution in [3.8, 4) is 11.3 Å². The molecule has 0 aliphatic carbocycles. The summed E-state index contributed by atoms with van der Waals surface area (Å²) in [5.74, 6) is 0.501. The second kappa shape index (κ2) is 18.8. The Morgan fingerprint density at radius 2 is 1.47 bits per heavy atom. The molecule has 0 saturated carbocycles. The fourth-order valence-electron chi connectivity index (χ4n) is 6.71. The summed E-state index contributed by atoms with van der Waals surface area (Å²) in [5, 5.41) is 3.52. The van der Waals surface area contributed by atoms with E-state index >= 15 is 0 Å². The zero-order chi connectivity index (χ0) is 39.2. The first-order chi connectivity index (χ1) is 28.1. The van der Waals surface area contributed by atoms with Crippen molar-refractivity contribution in [1.82, 2.24) is 15.0 Å². The molecule has 7 rings (SSSR count). The van der Waals surface area contributed by atoms with Crippen molar-refractivity contribution in [2.24, 2.45) is 9.98 Å². The van der Waals surface area contributed by atoms with E-state index in [4.69, 9.17) is 9.98 Å². The van der Waals surface area contributed by atoms with Crippen LogP contribution in [-0.2, 0) is 6.42 Å². The summed E-state index contributed by atoms with van der Waals surface area (Å²) in [7, 11) is 0. The number of rotatable bonds is 10. The molecule has 0 radical (unpaired) electrons. The van der Waals surface area contributed by atoms with Gasteiger partial charge < -0.3 is 0 Å². The number of aromatic nitrogens is 3. The van der Waals surface area contributed by atoms with E-state index in [9.17, 15) is 0 Å². The van der Waals surface area contributed by atoms with Gasteiger partial charge in [0, 0.05) is 46.9 Å². The predicted octanol–water partition coefficient (Wildman–Crippen LogP) is 12.7. The Morgan fingerprint density at radius 1 is 0.719 bits per heavy atom. The zero-order valence-electron chi connectivity index (χ0n) is 32.2. The lowest BCUT2D eigenvalue weighted by Gasteiger charge is -2.10. The number of fused-ring (bicyclic) bond motifs is 3. The lowest BCUT2D eigenvalue weighted by Crippen LogP contribution is -1.99. The smallest absolute Gasteiger partial charge is 0.160 e. The van der Waals surface area contributed by atoms with Crippen molar-refractivity contribution in [3.63, 3.8) is 0 Å². The molecule has 5 nitrogen and oxygen atoms in total. The van der Waals surface area contributed by atoms with Gasteiger partial charge in [0.2, 0.25) is 0 Å². The zero-order valence-corrected chi connectivity index (χ0v) is 32.2. The number of hydrogen-bond acceptors (Lipinski definition) is 4. The first kappa shape index (κ1) is 37.9. The Kier molecular flexibility index (Phi) is 12.5. The Balaban J connectivity index is 1.27. The molecule has 0 aliphatic heterocycles. The van der Waals surface area contributed by atoms with Gasteiger partial charge in [0.25, 0.3) is 0 Å². The minimum Gasteiger partial charge on any atom is -0.264 e. The summed E-state index contributed by atoms with van der Waals surface area (Å²) in [6, 6.07) is 47.8. The van der Waals surface area contributed by atoms with E-state index in [1.807, 2.05) is 30.5 Å². The maximum absolute atomic E-state index is 5.09. The van der Waals surface area contributed by atoms with Gasteiger partial charge in [-0.05, 0) is 95.9 Å². The van der Waals surface area contributed by atoms with Crippen LogP contribution >= 0.6 is 0 Å². The third-order valence-electron chi connectivity index (χ3n) is 9.63. The van der Waals surface area contributed by atoms with Crippen LogP contribution in [0, 0.1) is 6.92 Å². The van der Waals surface area contributed by atoms with E-state index in [0.717, 1.165) is 66.8 Å². The van der Waals surface area contributed by atoms with Crippen molar-refractivity contribution in [3.05, 3.63) is 228 Å². The maximum Gasteiger partial charge on any atom is 0.160 e. The SMILES string of the molecule is C=NC(=N/C(=C\Cc1cccnc1)c1ccc(C(/C=C\C=C\c2cc(-c3ccccc3)nc3ccc4ccccc4c23)=C/C)cccccc1C)c1cccnc1. The Hall–Kier alpha value is -7.37. The van der Waals surface area contributed by atoms with E-state index < -0.39 is 0 Å². The van der Waals surface area contributed by atoms with E-state index in [2.05, 4.69) is 187 Å². The van der Waals surface area contributed by atoms with Crippen LogP contribution in [0.5, 0.6) is 0 Å². The van der Waals surface area contributed by atoms with Gasteiger partial charge in [-0.1, -0.05) is 146 Å². The van der Waals surface area contributed by atoms with Crippen LogP contribution in [0.15, 0.2) is 205 Å². The van der Waals surface area contributed by atoms with Gasteiger partial charge in [0.05, 0.1) is 16.9 Å². The quantitative estimate of drug-likeness (QED) is 0.0608. The minimum absolute atomic E-state index is 0.501. The summed E-state index contributed by atoms with van der Waals surface area (Å²) < 4.78 is 0. The summed E-state index contributed by atoms with van der Waals surface area (Å²) in [6.45, 7) is 8.01. The number of pyridine rings is 3. The molecule has 276 valence electrons. The molecule has 0 saturated heterocycles. The molecule has 3 heterocycles. The van der Waals surface area contributed by atoms with Crippen LogP contribution in [0.4, 0.5) is 0 Å². The van der Waals surface area contributed by atoms with E-state index in [1.165, 1.54) is 10.8 Å². The monoisotopic (exact) mass is 737 g/mol. The number of hydrogen-bond donors (Lipinski definition) is 0. The fraction of sp³-hybridized carbons (Fsp3) is 0.0577. The molecule has 5 heteroatoms. The summed E-state index contributed by atoms with van der Waals surface area (Å²) >= 11 is 0. The number of benzene rings is 3. The normalized spacial score (nSPS) is 12.4. The average Bonchev–Trinajstić information content (AvgIpc) is 3.27. The third kappa shape index (κ3) is 9.48. The Bertz CT molecular complexity index is 2730. The molecule has 0 fully saturated rings. The molecular weight excluding hydrogens is 695 g/mol. The van der Waals surface area contributed by atoms with Gasteiger partial charge >= 0.3 is 0 Å². The van der Waals surface area contributed by atoms with Crippen LogP contribution in [0.3, 0.4) is 0 Å². The van der Waals surface area contributed by atoms with E-state index in [0.29, 0.717) is 12.3 Å². The molecule has 0 amide bonds. The largest absolute Gasteiger partial charge is 0.264 e. The van der Waals surface area contributed by atoms with Crippen LogP contribution in [0.1, 0.15) is 40.3 Å². The lowest BCUT2D eigenvalue weighted by molar-refractivity contribution is 1.18. The number of allylic oxidation sites excluding steroid dienone is 6. The minimum atomic E-state index is 0.501. The van der Waals surface area contributed by atoms with Crippen molar-refractivity contribution in [2.45, 2.75) is 20.3 Å². The van der Waals surface area contributed by atoms with Gasteiger partial charge in [0.15, 0.2) is 5.84 Å². The molecule has 0 N–H and O–H groups in total. The highest BCUT2D eigenvalue weighted by Gasteiger charge is 2.10. The molecule has 0 aliphatic rings. The average molecular weight is 738 g/mol. The summed E-state index contributed by atoms with van der Waals surface area (Å²) in [5.41, 5.74) is 10.9. The van der Waals surface area contributed by atoms with Crippen molar-refractivity contribution < 1.29 is 0 Å². The number of nitrogens with zero attached hydrogens (tertiary/aromatic N) is 5. The Labute approximate surface area is 335 Å². The predicted molar refractivity (Wildman–Crippen MR) is 242 cm³/mol. The highest BCUT2D eigenvalue weighted by molar-refractivity contribution is 6.10. The standard InChI is InChI=1S/C52H43N5/c1-4-40(19-11-12-24-44-35-50(43-22-9-6-10-23-43)56-49-32-29-42-21-13-14-26-47(42)51(44)49)41-20-8-5-7-17-38(2)46(30-28-41)48(31-27-39-18-15-33-54-36-39)57-52(53-3)45-25-16-34-55-37-45/h4-26,28-37H,3,27H2,1-2H3/b7-5?,8-5?,17-7?,19-11-,20-8?,24-12+,30-28?,38-17?,40-4+,41-20?,41-28?,46-30?,46-38?,48-31-,57-52?. The highest BCUT2D eigenvalue weighted by Crippen LogP contribution is 2.32. The van der Waals surface area contributed by atoms with Gasteiger partial charge in [-0.3, -0.25) is 9.97 Å². The van der Waals surface area contributed by atoms with Gasteiger partial charge in [-0.2, -0.15) is 0 Å². The third-order valence-corrected chi connectivity index (χ3v) is 9.63. The van der Waals surface area contributed by atoms with Crippen LogP contribution in [0.25, 0.3) is 50.3 Å². The first-order valence-corrected chi connectivity index (χ1v) is 19.0. The summed E-state index contributed by atoms with van der Waals surface area (Å²) in [6.07, 6.45) is 20.6. The van der Waals surface area contributed by atoms with Gasteiger partial charge in [-0.25, -0.2) is 15.0 Å².